The molecule has 0 saturated carbocycles. The van der Waals surface area contributed by atoms with Gasteiger partial charge in [0.05, 0.1) is 20.6 Å². The molecule has 3 rings (SSSR count). The number of amides is 1. The number of halogens is 2. The van der Waals surface area contributed by atoms with Crippen molar-refractivity contribution in [2.24, 2.45) is 0 Å². The third-order valence-corrected chi connectivity index (χ3v) is 5.21. The van der Waals surface area contributed by atoms with Crippen LogP contribution in [0, 0.1) is 0 Å². The van der Waals surface area contributed by atoms with Gasteiger partial charge in [-0.1, -0.05) is 23.2 Å². The summed E-state index contributed by atoms with van der Waals surface area (Å²) in [5.74, 6) is -0.180. The third kappa shape index (κ3) is 2.39. The molecule has 0 radical (unpaired) electrons. The number of hydrogen-bond acceptors (Lipinski definition) is 3. The lowest BCUT2D eigenvalue weighted by Crippen LogP contribution is -2.14. The zero-order valence-electron chi connectivity index (χ0n) is 10.5. The minimum Gasteiger partial charge on any atom is -0.390 e. The van der Waals surface area contributed by atoms with Crippen LogP contribution >= 0.6 is 34.5 Å². The van der Waals surface area contributed by atoms with Crippen LogP contribution in [0.3, 0.4) is 0 Å². The number of carbonyl (C=O) groups is 1. The van der Waals surface area contributed by atoms with Gasteiger partial charge in [-0.2, -0.15) is 0 Å². The number of nitrogens with one attached hydrogen (secondary N) is 1. The first-order chi connectivity index (χ1) is 9.56. The molecular formula is C14H12Cl2N2OS. The molecule has 0 spiro atoms. The van der Waals surface area contributed by atoms with Crippen molar-refractivity contribution in [2.45, 2.75) is 19.3 Å². The quantitative estimate of drug-likeness (QED) is 0.860. The van der Waals surface area contributed by atoms with Crippen LogP contribution in [0.1, 0.15) is 27.2 Å². The predicted molar refractivity (Wildman–Crippen MR) is 85.2 cm³/mol. The predicted octanol–water partition coefficient (Wildman–Crippen LogP) is 4.38. The molecule has 1 aliphatic carbocycles. The van der Waals surface area contributed by atoms with Gasteiger partial charge in [0.25, 0.3) is 5.91 Å². The van der Waals surface area contributed by atoms with Gasteiger partial charge in [-0.3, -0.25) is 4.79 Å². The summed E-state index contributed by atoms with van der Waals surface area (Å²) in [7, 11) is 0. The van der Waals surface area contributed by atoms with Crippen molar-refractivity contribution >= 4 is 51.1 Å². The highest BCUT2D eigenvalue weighted by Gasteiger charge is 2.25. The molecule has 1 aromatic carbocycles. The van der Waals surface area contributed by atoms with Gasteiger partial charge in [-0.15, -0.1) is 11.3 Å². The van der Waals surface area contributed by atoms with E-state index in [9.17, 15) is 4.79 Å². The summed E-state index contributed by atoms with van der Waals surface area (Å²) in [4.78, 5) is 13.6. The second-order valence-electron chi connectivity index (χ2n) is 4.68. The zero-order chi connectivity index (χ0) is 14.3. The molecule has 20 heavy (non-hydrogen) atoms. The highest BCUT2D eigenvalue weighted by molar-refractivity contribution is 7.16. The molecule has 3 nitrogen and oxygen atoms in total. The number of nitrogen functional groups attached to an aromatic ring is 1. The highest BCUT2D eigenvalue weighted by Crippen LogP contribution is 2.37. The first kappa shape index (κ1) is 13.7. The summed E-state index contributed by atoms with van der Waals surface area (Å²) in [6.07, 6.45) is 3.03. The van der Waals surface area contributed by atoms with Gasteiger partial charge in [-0.25, -0.2) is 0 Å². The van der Waals surface area contributed by atoms with Gasteiger partial charge >= 0.3 is 0 Å². The number of hydrogen-bond donors (Lipinski definition) is 2. The van der Waals surface area contributed by atoms with Crippen molar-refractivity contribution in [3.63, 3.8) is 0 Å². The van der Waals surface area contributed by atoms with Gasteiger partial charge in [0, 0.05) is 10.6 Å². The van der Waals surface area contributed by atoms with E-state index in [-0.39, 0.29) is 5.91 Å². The molecule has 2 aromatic rings. The standard InChI is InChI=1S/C14H12Cl2N2OS/c15-9-5-4-7(6-10(9)16)18-14(19)12-8-2-1-3-11(8)20-13(12)17/h4-6H,1-3,17H2,(H,18,19). The smallest absolute Gasteiger partial charge is 0.258 e. The molecule has 1 heterocycles. The molecule has 6 heteroatoms. The Hall–Kier alpha value is -1.23. The van der Waals surface area contributed by atoms with Crippen LogP contribution in [0.4, 0.5) is 10.7 Å². The summed E-state index contributed by atoms with van der Waals surface area (Å²) in [5, 5.41) is 4.29. The zero-order valence-corrected chi connectivity index (χ0v) is 12.8. The molecule has 104 valence electrons. The molecule has 0 fully saturated rings. The third-order valence-electron chi connectivity index (χ3n) is 3.35. The Morgan fingerprint density at radius 1 is 1.25 bits per heavy atom. The molecule has 0 unspecified atom stereocenters. The summed E-state index contributed by atoms with van der Waals surface area (Å²) >= 11 is 13.3. The number of anilines is 2. The van der Waals surface area contributed by atoms with Crippen LogP contribution in [0.15, 0.2) is 18.2 Å². The number of benzene rings is 1. The van der Waals surface area contributed by atoms with Gasteiger partial charge in [-0.05, 0) is 43.0 Å². The molecular weight excluding hydrogens is 315 g/mol. The lowest BCUT2D eigenvalue weighted by atomic mass is 10.1. The van der Waals surface area contributed by atoms with Crippen molar-refractivity contribution in [3.8, 4) is 0 Å². The molecule has 0 saturated heterocycles. The summed E-state index contributed by atoms with van der Waals surface area (Å²) < 4.78 is 0. The first-order valence-corrected chi connectivity index (χ1v) is 7.80. The Balaban J connectivity index is 1.88. The Morgan fingerprint density at radius 2 is 2.05 bits per heavy atom. The normalized spacial score (nSPS) is 13.3. The van der Waals surface area contributed by atoms with Crippen molar-refractivity contribution in [2.75, 3.05) is 11.1 Å². The topological polar surface area (TPSA) is 55.1 Å². The number of fused-ring (bicyclic) bond motifs is 1. The summed E-state index contributed by atoms with van der Waals surface area (Å²) in [6.45, 7) is 0. The molecule has 0 bridgehead atoms. The fourth-order valence-corrected chi connectivity index (χ4v) is 3.90. The Bertz CT molecular complexity index is 697. The maximum absolute atomic E-state index is 12.4. The number of thiophene rings is 1. The molecule has 0 aliphatic heterocycles. The lowest BCUT2D eigenvalue weighted by molar-refractivity contribution is 0.102. The van der Waals surface area contributed by atoms with E-state index < -0.39 is 0 Å². The van der Waals surface area contributed by atoms with Crippen molar-refractivity contribution in [1.29, 1.82) is 0 Å². The molecule has 0 atom stereocenters. The van der Waals surface area contributed by atoms with Crippen LogP contribution < -0.4 is 11.1 Å². The maximum atomic E-state index is 12.4. The fraction of sp³-hybridized carbons (Fsp3) is 0.214. The van der Waals surface area contributed by atoms with Gasteiger partial charge in [0.15, 0.2) is 0 Å². The Labute approximate surface area is 130 Å². The number of nitrogens with two attached hydrogens (primary N) is 1. The first-order valence-electron chi connectivity index (χ1n) is 6.22. The molecule has 1 amide bonds. The summed E-state index contributed by atoms with van der Waals surface area (Å²) in [6, 6.07) is 5.00. The van der Waals surface area contributed by atoms with E-state index in [1.807, 2.05) is 0 Å². The average Bonchev–Trinajstić information content (AvgIpc) is 2.93. The second-order valence-corrected chi connectivity index (χ2v) is 6.63. The highest BCUT2D eigenvalue weighted by atomic mass is 35.5. The van der Waals surface area contributed by atoms with Crippen molar-refractivity contribution in [1.82, 2.24) is 0 Å². The van der Waals surface area contributed by atoms with Crippen LogP contribution in [-0.2, 0) is 12.8 Å². The van der Waals surface area contributed by atoms with E-state index in [1.54, 1.807) is 18.2 Å². The SMILES string of the molecule is Nc1sc2c(c1C(=O)Nc1ccc(Cl)c(Cl)c1)CCC2. The van der Waals surface area contributed by atoms with E-state index in [2.05, 4.69) is 5.32 Å². The van der Waals surface area contributed by atoms with Gasteiger partial charge in [0.2, 0.25) is 0 Å². The number of carbonyl (C=O) groups excluding carboxylic acids is 1. The molecule has 1 aromatic heterocycles. The van der Waals surface area contributed by atoms with E-state index >= 15 is 0 Å². The van der Waals surface area contributed by atoms with Crippen LogP contribution in [0.25, 0.3) is 0 Å². The Kier molecular flexibility index (Phi) is 3.63. The minimum absolute atomic E-state index is 0.180. The number of aryl methyl sites for hydroxylation is 1. The van der Waals surface area contributed by atoms with Crippen LogP contribution in [0.5, 0.6) is 0 Å². The second kappa shape index (κ2) is 5.28. The van der Waals surface area contributed by atoms with E-state index in [1.165, 1.54) is 16.2 Å². The van der Waals surface area contributed by atoms with E-state index in [4.69, 9.17) is 28.9 Å². The summed E-state index contributed by atoms with van der Waals surface area (Å²) in [5.41, 5.74) is 8.30. The number of rotatable bonds is 2. The van der Waals surface area contributed by atoms with Crippen molar-refractivity contribution < 1.29 is 4.79 Å². The maximum Gasteiger partial charge on any atom is 0.258 e. The van der Waals surface area contributed by atoms with Gasteiger partial charge < -0.3 is 11.1 Å². The van der Waals surface area contributed by atoms with E-state index in [0.717, 1.165) is 24.8 Å². The van der Waals surface area contributed by atoms with Crippen LogP contribution in [0.2, 0.25) is 10.0 Å². The monoisotopic (exact) mass is 326 g/mol. The van der Waals surface area contributed by atoms with Crippen LogP contribution in [-0.4, -0.2) is 5.91 Å². The molecule has 1 aliphatic rings. The minimum atomic E-state index is -0.180. The van der Waals surface area contributed by atoms with Gasteiger partial charge in [0.1, 0.15) is 0 Å². The fourth-order valence-electron chi connectivity index (χ4n) is 2.44. The molecule has 3 N–H and O–H groups in total. The average molecular weight is 327 g/mol. The Morgan fingerprint density at radius 3 is 2.80 bits per heavy atom. The lowest BCUT2D eigenvalue weighted by Gasteiger charge is -2.07. The largest absolute Gasteiger partial charge is 0.390 e. The van der Waals surface area contributed by atoms with Crippen molar-refractivity contribution in [3.05, 3.63) is 44.2 Å². The van der Waals surface area contributed by atoms with E-state index in [0.29, 0.717) is 26.3 Å².